The van der Waals surface area contributed by atoms with Crippen molar-refractivity contribution in [3.63, 3.8) is 0 Å². The lowest BCUT2D eigenvalue weighted by Crippen LogP contribution is -2.28. The Labute approximate surface area is 274 Å². The monoisotopic (exact) mass is 606 g/mol. The van der Waals surface area contributed by atoms with Crippen LogP contribution in [0.4, 0.5) is 0 Å². The van der Waals surface area contributed by atoms with Crippen molar-refractivity contribution in [3.05, 3.63) is 176 Å². The zero-order chi connectivity index (χ0) is 31.6. The lowest BCUT2D eigenvalue weighted by Gasteiger charge is -2.13. The highest BCUT2D eigenvalue weighted by molar-refractivity contribution is 5.88. The molecule has 0 atom stereocenters. The number of imidazole rings is 1. The molecule has 2 heterocycles. The van der Waals surface area contributed by atoms with Crippen LogP contribution in [-0.2, 0) is 0 Å². The number of para-hydroxylation sites is 4. The van der Waals surface area contributed by atoms with Gasteiger partial charge in [0.1, 0.15) is 17.1 Å². The summed E-state index contributed by atoms with van der Waals surface area (Å²) in [5.41, 5.74) is 12.9. The van der Waals surface area contributed by atoms with E-state index < -0.39 is 0 Å². The Bertz CT molecular complexity index is 2280. The first-order valence-corrected chi connectivity index (χ1v) is 15.8. The lowest BCUT2D eigenvalue weighted by atomic mass is 9.95. The number of ether oxygens (including phenoxy) is 1. The molecule has 0 aliphatic rings. The van der Waals surface area contributed by atoms with Crippen molar-refractivity contribution in [2.24, 2.45) is 0 Å². The summed E-state index contributed by atoms with van der Waals surface area (Å²) in [6.45, 7) is 0. The van der Waals surface area contributed by atoms with Crippen molar-refractivity contribution < 1.29 is 9.30 Å². The molecule has 0 spiro atoms. The summed E-state index contributed by atoms with van der Waals surface area (Å²) in [6.07, 6.45) is 2.22. The third-order valence-electron chi connectivity index (χ3n) is 8.63. The molecule has 0 saturated heterocycles. The van der Waals surface area contributed by atoms with Crippen LogP contribution in [0.5, 0.6) is 5.75 Å². The predicted molar refractivity (Wildman–Crippen MR) is 191 cm³/mol. The Hall–Kier alpha value is -6.26. The highest BCUT2D eigenvalue weighted by Gasteiger charge is 2.24. The second kappa shape index (κ2) is 12.3. The van der Waals surface area contributed by atoms with E-state index in [1.807, 2.05) is 30.3 Å². The zero-order valence-electron chi connectivity index (χ0n) is 26.0. The molecule has 4 heteroatoms. The molecule has 0 fully saturated rings. The van der Waals surface area contributed by atoms with E-state index in [1.165, 1.54) is 22.3 Å². The van der Waals surface area contributed by atoms with Crippen LogP contribution >= 0.6 is 0 Å². The molecular weight excluding hydrogens is 574 g/mol. The average molecular weight is 607 g/mol. The maximum Gasteiger partial charge on any atom is 0.255 e. The van der Waals surface area contributed by atoms with Gasteiger partial charge in [-0.1, -0.05) is 121 Å². The number of fused-ring (bicyclic) bond motifs is 1. The van der Waals surface area contributed by atoms with E-state index >= 15 is 0 Å². The fraction of sp³-hybridized carbons (Fsp3) is 0.0233. The number of benzene rings is 6. The second-order valence-electron chi connectivity index (χ2n) is 11.4. The third-order valence-corrected chi connectivity index (χ3v) is 8.63. The standard InChI is InChI=1S/C43H32N3O/c1-47-42-28-11-8-21-37(42)39-25-14-24-38(44-39)33-19-12-20-34(29-33)45-30-46(41-27-10-9-26-40(41)45)43-35(31-15-4-2-5-16-31)22-13-23-36(43)32-17-6-3-7-18-32/h2-30H,1H3/q+1. The first-order chi connectivity index (χ1) is 23.3. The minimum Gasteiger partial charge on any atom is -0.496 e. The molecule has 0 saturated carbocycles. The Balaban J connectivity index is 1.30. The summed E-state index contributed by atoms with van der Waals surface area (Å²) in [7, 11) is 1.70. The van der Waals surface area contributed by atoms with Gasteiger partial charge in [-0.25, -0.2) is 4.98 Å². The molecule has 0 aliphatic heterocycles. The molecule has 4 nitrogen and oxygen atoms in total. The van der Waals surface area contributed by atoms with Gasteiger partial charge in [0.15, 0.2) is 11.0 Å². The summed E-state index contributed by atoms with van der Waals surface area (Å²) in [5.74, 6) is 0.805. The SMILES string of the molecule is COc1ccccc1-c1cccc(-c2cccc(-[n+]3cn(-c4c(-c5ccccc5)cccc4-c4ccccc4)c4ccccc43)c2)n1. The van der Waals surface area contributed by atoms with E-state index in [4.69, 9.17) is 9.72 Å². The largest absolute Gasteiger partial charge is 0.496 e. The predicted octanol–water partition coefficient (Wildman–Crippen LogP) is 9.98. The Morgan fingerprint density at radius 3 is 1.83 bits per heavy atom. The van der Waals surface area contributed by atoms with E-state index in [0.29, 0.717) is 0 Å². The molecule has 0 aliphatic carbocycles. The van der Waals surface area contributed by atoms with Gasteiger partial charge in [0.05, 0.1) is 18.5 Å². The molecule has 6 aromatic carbocycles. The van der Waals surface area contributed by atoms with E-state index in [9.17, 15) is 0 Å². The zero-order valence-corrected chi connectivity index (χ0v) is 26.0. The minimum atomic E-state index is 0.805. The fourth-order valence-electron chi connectivity index (χ4n) is 6.42. The maximum atomic E-state index is 5.63. The van der Waals surface area contributed by atoms with Crippen LogP contribution in [0.3, 0.4) is 0 Å². The molecule has 8 aromatic rings. The number of rotatable bonds is 7. The van der Waals surface area contributed by atoms with Gasteiger partial charge in [0, 0.05) is 22.3 Å². The van der Waals surface area contributed by atoms with E-state index in [1.54, 1.807) is 7.11 Å². The van der Waals surface area contributed by atoms with Crippen LogP contribution in [0, 0.1) is 0 Å². The molecule has 0 amide bonds. The normalized spacial score (nSPS) is 11.1. The van der Waals surface area contributed by atoms with Crippen molar-refractivity contribution >= 4 is 11.0 Å². The molecule has 224 valence electrons. The van der Waals surface area contributed by atoms with E-state index in [0.717, 1.165) is 50.7 Å². The number of hydrogen-bond donors (Lipinski definition) is 0. The van der Waals surface area contributed by atoms with Gasteiger partial charge in [-0.3, -0.25) is 0 Å². The fourth-order valence-corrected chi connectivity index (χ4v) is 6.42. The van der Waals surface area contributed by atoms with Crippen molar-refractivity contribution in [2.75, 3.05) is 7.11 Å². The number of pyridine rings is 1. The van der Waals surface area contributed by atoms with E-state index in [-0.39, 0.29) is 0 Å². The molecule has 0 N–H and O–H groups in total. The number of nitrogens with zero attached hydrogens (tertiary/aromatic N) is 3. The van der Waals surface area contributed by atoms with Crippen LogP contribution in [0.25, 0.3) is 67.2 Å². The van der Waals surface area contributed by atoms with Gasteiger partial charge in [0.25, 0.3) is 6.33 Å². The topological polar surface area (TPSA) is 30.9 Å². The molecule has 47 heavy (non-hydrogen) atoms. The Morgan fingerprint density at radius 1 is 0.511 bits per heavy atom. The summed E-state index contributed by atoms with van der Waals surface area (Å²) in [4.78, 5) is 5.07. The van der Waals surface area contributed by atoms with Gasteiger partial charge in [-0.2, -0.15) is 9.13 Å². The van der Waals surface area contributed by atoms with Crippen LogP contribution in [-0.4, -0.2) is 16.7 Å². The average Bonchev–Trinajstić information content (AvgIpc) is 3.55. The van der Waals surface area contributed by atoms with Crippen molar-refractivity contribution in [3.8, 4) is 61.9 Å². The van der Waals surface area contributed by atoms with Gasteiger partial charge in [0.2, 0.25) is 0 Å². The highest BCUT2D eigenvalue weighted by atomic mass is 16.5. The smallest absolute Gasteiger partial charge is 0.255 e. The quantitative estimate of drug-likeness (QED) is 0.169. The molecule has 0 unspecified atom stereocenters. The number of methoxy groups -OCH3 is 1. The van der Waals surface area contributed by atoms with Gasteiger partial charge in [-0.15, -0.1) is 0 Å². The Morgan fingerprint density at radius 2 is 1.09 bits per heavy atom. The van der Waals surface area contributed by atoms with Crippen molar-refractivity contribution in [1.82, 2.24) is 9.55 Å². The van der Waals surface area contributed by atoms with E-state index in [2.05, 4.69) is 155 Å². The van der Waals surface area contributed by atoms with Crippen molar-refractivity contribution in [2.45, 2.75) is 0 Å². The maximum absolute atomic E-state index is 5.63. The summed E-state index contributed by atoms with van der Waals surface area (Å²) in [6, 6.07) is 59.2. The van der Waals surface area contributed by atoms with Crippen LogP contribution in [0.15, 0.2) is 176 Å². The number of hydrogen-bond acceptors (Lipinski definition) is 2. The third kappa shape index (κ3) is 5.26. The summed E-state index contributed by atoms with van der Waals surface area (Å²) in [5, 5.41) is 0. The molecular formula is C43H32N3O+. The van der Waals surface area contributed by atoms with Gasteiger partial charge in [-0.05, 0) is 59.7 Å². The summed E-state index contributed by atoms with van der Waals surface area (Å²) < 4.78 is 10.2. The molecule has 2 aromatic heterocycles. The lowest BCUT2D eigenvalue weighted by molar-refractivity contribution is -0.567. The first kappa shape index (κ1) is 28.2. The second-order valence-corrected chi connectivity index (χ2v) is 11.4. The number of aromatic nitrogens is 3. The minimum absolute atomic E-state index is 0.805. The van der Waals surface area contributed by atoms with Crippen LogP contribution < -0.4 is 9.30 Å². The van der Waals surface area contributed by atoms with Crippen LogP contribution in [0.2, 0.25) is 0 Å². The van der Waals surface area contributed by atoms with Gasteiger partial charge >= 0.3 is 0 Å². The molecule has 0 bridgehead atoms. The highest BCUT2D eigenvalue weighted by Crippen LogP contribution is 2.37. The van der Waals surface area contributed by atoms with Crippen LogP contribution in [0.1, 0.15) is 0 Å². The van der Waals surface area contributed by atoms with Gasteiger partial charge < -0.3 is 4.74 Å². The molecule has 0 radical (unpaired) electrons. The van der Waals surface area contributed by atoms with Crippen molar-refractivity contribution in [1.29, 1.82) is 0 Å². The Kier molecular flexibility index (Phi) is 7.37. The summed E-state index contributed by atoms with van der Waals surface area (Å²) >= 11 is 0. The first-order valence-electron chi connectivity index (χ1n) is 15.8. The molecule has 8 rings (SSSR count).